The van der Waals surface area contributed by atoms with E-state index in [0.717, 1.165) is 6.42 Å². The summed E-state index contributed by atoms with van der Waals surface area (Å²) in [5, 5.41) is 0. The Morgan fingerprint density at radius 3 is 1.93 bits per heavy atom. The van der Waals surface area contributed by atoms with Gasteiger partial charge in [-0.25, -0.2) is 0 Å². The quantitative estimate of drug-likeness (QED) is 0.463. The van der Waals surface area contributed by atoms with E-state index in [2.05, 4.69) is 12.7 Å². The molecule has 0 aromatic carbocycles. The van der Waals surface area contributed by atoms with Crippen LogP contribution in [0, 0.1) is 0 Å². The van der Waals surface area contributed by atoms with Crippen molar-refractivity contribution in [2.75, 3.05) is 0 Å². The lowest BCUT2D eigenvalue weighted by atomic mass is 10.1. The molecular formula is C14H29N. The third-order valence-electron chi connectivity index (χ3n) is 2.84. The predicted molar refractivity (Wildman–Crippen MR) is 69.8 cm³/mol. The molecule has 1 nitrogen and oxygen atoms in total. The van der Waals surface area contributed by atoms with Gasteiger partial charge in [-0.1, -0.05) is 70.8 Å². The van der Waals surface area contributed by atoms with Crippen LogP contribution >= 0.6 is 0 Å². The topological polar surface area (TPSA) is 26.0 Å². The zero-order valence-corrected chi connectivity index (χ0v) is 10.4. The van der Waals surface area contributed by atoms with E-state index in [1.54, 1.807) is 6.20 Å². The lowest BCUT2D eigenvalue weighted by molar-refractivity contribution is 0.557. The van der Waals surface area contributed by atoms with E-state index in [1.807, 2.05) is 6.08 Å². The summed E-state index contributed by atoms with van der Waals surface area (Å²) in [5.74, 6) is 0. The van der Waals surface area contributed by atoms with Crippen LogP contribution < -0.4 is 5.73 Å². The predicted octanol–water partition coefficient (Wildman–Crippen LogP) is 4.77. The van der Waals surface area contributed by atoms with Crippen molar-refractivity contribution in [3.63, 3.8) is 0 Å². The zero-order valence-electron chi connectivity index (χ0n) is 11.4. The van der Waals surface area contributed by atoms with Gasteiger partial charge >= 0.3 is 0 Å². The second kappa shape index (κ2) is 13.5. The highest BCUT2D eigenvalue weighted by atomic mass is 14.5. The van der Waals surface area contributed by atoms with E-state index in [9.17, 15) is 0 Å². The van der Waals surface area contributed by atoms with Crippen molar-refractivity contribution < 1.29 is 1.41 Å². The molecule has 90 valence electrons. The van der Waals surface area contributed by atoms with E-state index in [1.165, 1.54) is 64.2 Å². The van der Waals surface area contributed by atoms with Crippen molar-refractivity contribution in [3.05, 3.63) is 12.3 Å². The Hall–Kier alpha value is -0.460. The van der Waals surface area contributed by atoms with Gasteiger partial charge in [0, 0.05) is 0 Å². The largest absolute Gasteiger partial charge is 0.405 e. The smallest absolute Gasteiger partial charge is 0.156 e. The highest BCUT2D eigenvalue weighted by molar-refractivity contribution is 4.74. The fraction of sp³-hybridized carbons (Fsp3) is 0.857. The summed E-state index contributed by atoms with van der Waals surface area (Å²) in [6.07, 6.45) is 18.8. The highest BCUT2D eigenvalue weighted by Gasteiger charge is 1.91. The minimum atomic E-state index is 1.11. The van der Waals surface area contributed by atoms with Gasteiger partial charge in [0.05, 0.1) is 0 Å². The molecule has 2 N–H and O–H groups in total. The molecule has 15 heavy (non-hydrogen) atoms. The van der Waals surface area contributed by atoms with Gasteiger partial charge in [-0.3, -0.25) is 0 Å². The van der Waals surface area contributed by atoms with Gasteiger partial charge in [0.2, 0.25) is 0 Å². The Morgan fingerprint density at radius 1 is 0.867 bits per heavy atom. The first kappa shape index (κ1) is 12.6. The molecule has 0 bridgehead atoms. The minimum absolute atomic E-state index is 1.11. The van der Waals surface area contributed by atoms with Crippen LogP contribution in [-0.4, -0.2) is 0 Å². The Bertz CT molecular complexity index is 146. The number of allylic oxidation sites excluding steroid dienone is 1. The molecule has 0 rings (SSSR count). The van der Waals surface area contributed by atoms with Crippen LogP contribution in [0.1, 0.15) is 77.6 Å². The molecule has 0 aliphatic heterocycles. The van der Waals surface area contributed by atoms with Gasteiger partial charge in [-0.05, 0) is 19.0 Å². The fourth-order valence-corrected chi connectivity index (χ4v) is 1.83. The molecule has 0 heterocycles. The molecule has 0 aliphatic carbocycles. The number of rotatable bonds is 12. The van der Waals surface area contributed by atoms with Gasteiger partial charge in [0.25, 0.3) is 0 Å². The molecule has 0 radical (unpaired) electrons. The van der Waals surface area contributed by atoms with Crippen LogP contribution in [0.3, 0.4) is 0 Å². The van der Waals surface area contributed by atoms with E-state index < -0.39 is 0 Å². The standard InChI is InChI=1S/C14H29N/c1-2-3-4-5-6-7-8-9-10-11-12-13-14-15/h13-14H,2-12,15H2,1H3/i/hD. The number of hydrogen-bond donors (Lipinski definition) is 1. The van der Waals surface area contributed by atoms with E-state index in [4.69, 9.17) is 1.41 Å². The molecule has 0 amide bonds. The van der Waals surface area contributed by atoms with Crippen LogP contribution in [0.5, 0.6) is 0 Å². The molecule has 0 spiro atoms. The van der Waals surface area contributed by atoms with E-state index in [0.29, 0.717) is 0 Å². The summed E-state index contributed by atoms with van der Waals surface area (Å²) in [6, 6.07) is 0. The Kier molecular flexibility index (Phi) is 11.4. The van der Waals surface area contributed by atoms with Gasteiger partial charge < -0.3 is 5.73 Å². The van der Waals surface area contributed by atoms with Gasteiger partial charge in [0.1, 0.15) is 0 Å². The SMILES string of the molecule is [2H]NC=CCCCCCCCCCCCC. The van der Waals surface area contributed by atoms with Crippen LogP contribution in [0.4, 0.5) is 0 Å². The lowest BCUT2D eigenvalue weighted by Gasteiger charge is -2.01. The van der Waals surface area contributed by atoms with Crippen LogP contribution in [0.2, 0.25) is 1.41 Å². The molecule has 0 atom stereocenters. The first-order valence-corrected chi connectivity index (χ1v) is 6.74. The highest BCUT2D eigenvalue weighted by Crippen LogP contribution is 2.11. The van der Waals surface area contributed by atoms with Gasteiger partial charge in [0.15, 0.2) is 1.41 Å². The Morgan fingerprint density at radius 2 is 1.40 bits per heavy atom. The minimum Gasteiger partial charge on any atom is -0.405 e. The molecule has 0 saturated heterocycles. The van der Waals surface area contributed by atoms with Crippen LogP contribution in [-0.2, 0) is 0 Å². The Balaban J connectivity index is 2.90. The van der Waals surface area contributed by atoms with Crippen molar-refractivity contribution >= 4 is 0 Å². The fourth-order valence-electron chi connectivity index (χ4n) is 1.83. The summed E-state index contributed by atoms with van der Waals surface area (Å²) in [7, 11) is 0. The molecule has 0 saturated carbocycles. The van der Waals surface area contributed by atoms with Crippen LogP contribution in [0.15, 0.2) is 12.3 Å². The summed E-state index contributed by atoms with van der Waals surface area (Å²) < 4.78 is 6.71. The molecule has 0 unspecified atom stereocenters. The van der Waals surface area contributed by atoms with E-state index >= 15 is 0 Å². The summed E-state index contributed by atoms with van der Waals surface area (Å²) in [5.41, 5.74) is 2.27. The molecule has 0 fully saturated rings. The van der Waals surface area contributed by atoms with Gasteiger partial charge in [-0.15, -0.1) is 0 Å². The van der Waals surface area contributed by atoms with Crippen molar-refractivity contribution in [2.45, 2.75) is 77.6 Å². The van der Waals surface area contributed by atoms with Gasteiger partial charge in [-0.2, -0.15) is 0 Å². The number of hydrogen-bond acceptors (Lipinski definition) is 1. The van der Waals surface area contributed by atoms with Crippen molar-refractivity contribution in [3.8, 4) is 0 Å². The maximum Gasteiger partial charge on any atom is 0.156 e. The zero-order chi connectivity index (χ0) is 11.9. The lowest BCUT2D eigenvalue weighted by Crippen LogP contribution is -1.82. The first-order valence-electron chi connectivity index (χ1n) is 7.24. The number of nitrogens with two attached hydrogens (primary N) is 1. The van der Waals surface area contributed by atoms with Crippen molar-refractivity contribution in [1.82, 2.24) is 0 Å². The van der Waals surface area contributed by atoms with Crippen molar-refractivity contribution in [1.29, 1.82) is 0 Å². The third-order valence-corrected chi connectivity index (χ3v) is 2.84. The number of unbranched alkanes of at least 4 members (excludes halogenated alkanes) is 10. The maximum atomic E-state index is 6.71. The first-order chi connectivity index (χ1) is 7.91. The Labute approximate surface area is 97.6 Å². The van der Waals surface area contributed by atoms with E-state index in [-0.39, 0.29) is 0 Å². The molecule has 0 aliphatic rings. The molecule has 0 aromatic heterocycles. The monoisotopic (exact) mass is 212 g/mol. The summed E-state index contributed by atoms with van der Waals surface area (Å²) in [6.45, 7) is 2.27. The molecular weight excluding hydrogens is 182 g/mol. The normalized spacial score (nSPS) is 11.9. The molecule has 1 heteroatoms. The summed E-state index contributed by atoms with van der Waals surface area (Å²) >= 11 is 0. The average Bonchev–Trinajstić information content (AvgIpc) is 2.31. The third kappa shape index (κ3) is 13.5. The second-order valence-corrected chi connectivity index (χ2v) is 4.37. The average molecular weight is 212 g/mol. The molecule has 0 aromatic rings. The second-order valence-electron chi connectivity index (χ2n) is 4.37. The van der Waals surface area contributed by atoms with Crippen molar-refractivity contribution in [2.24, 2.45) is 5.73 Å². The van der Waals surface area contributed by atoms with Crippen LogP contribution in [0.25, 0.3) is 0 Å². The summed E-state index contributed by atoms with van der Waals surface area (Å²) in [4.78, 5) is 0. The maximum absolute atomic E-state index is 6.71.